The standard InChI is InChI=1S/C13H22N2O/c1-4-11-8-12(15(5-2)14-11)9-13(3,16)10-6-7-10/h8,10,16H,4-7,9H2,1-3H3. The molecule has 3 nitrogen and oxygen atoms in total. The summed E-state index contributed by atoms with van der Waals surface area (Å²) in [5.41, 5.74) is 1.76. The van der Waals surface area contributed by atoms with E-state index >= 15 is 0 Å². The van der Waals surface area contributed by atoms with Gasteiger partial charge in [0.05, 0.1) is 11.3 Å². The molecule has 0 amide bonds. The summed E-state index contributed by atoms with van der Waals surface area (Å²) in [5, 5.41) is 14.9. The Balaban J connectivity index is 2.15. The highest BCUT2D eigenvalue weighted by Crippen LogP contribution is 2.41. The van der Waals surface area contributed by atoms with Crippen molar-refractivity contribution >= 4 is 0 Å². The van der Waals surface area contributed by atoms with Crippen molar-refractivity contribution in [3.63, 3.8) is 0 Å². The average Bonchev–Trinajstić information content (AvgIpc) is 3.02. The minimum absolute atomic E-state index is 0.498. The molecule has 1 atom stereocenters. The smallest absolute Gasteiger partial charge is 0.0702 e. The van der Waals surface area contributed by atoms with E-state index in [1.165, 1.54) is 18.5 Å². The van der Waals surface area contributed by atoms with Gasteiger partial charge in [-0.25, -0.2) is 0 Å². The molecule has 1 aliphatic carbocycles. The predicted octanol–water partition coefficient (Wildman–Crippen LogP) is 2.17. The topological polar surface area (TPSA) is 38.0 Å². The molecule has 0 aromatic carbocycles. The average molecular weight is 222 g/mol. The van der Waals surface area contributed by atoms with Gasteiger partial charge in [0.15, 0.2) is 0 Å². The lowest BCUT2D eigenvalue weighted by Gasteiger charge is -2.23. The maximum absolute atomic E-state index is 10.4. The molecule has 0 saturated heterocycles. The van der Waals surface area contributed by atoms with E-state index in [1.54, 1.807) is 0 Å². The van der Waals surface area contributed by atoms with Crippen LogP contribution < -0.4 is 0 Å². The molecule has 1 heterocycles. The number of hydrogen-bond donors (Lipinski definition) is 1. The highest BCUT2D eigenvalue weighted by molar-refractivity contribution is 5.14. The van der Waals surface area contributed by atoms with E-state index < -0.39 is 5.60 Å². The Morgan fingerprint density at radius 1 is 1.50 bits per heavy atom. The lowest BCUT2D eigenvalue weighted by atomic mass is 9.94. The van der Waals surface area contributed by atoms with Crippen molar-refractivity contribution in [2.24, 2.45) is 5.92 Å². The quantitative estimate of drug-likeness (QED) is 0.829. The van der Waals surface area contributed by atoms with Gasteiger partial charge in [0.1, 0.15) is 0 Å². The SMILES string of the molecule is CCc1cc(CC(C)(O)C2CC2)n(CC)n1. The molecule has 1 aromatic heterocycles. The van der Waals surface area contributed by atoms with Crippen molar-refractivity contribution < 1.29 is 5.11 Å². The molecule has 0 aliphatic heterocycles. The fourth-order valence-electron chi connectivity index (χ4n) is 2.32. The van der Waals surface area contributed by atoms with Gasteiger partial charge < -0.3 is 5.11 Å². The maximum Gasteiger partial charge on any atom is 0.0702 e. The molecule has 0 bridgehead atoms. The van der Waals surface area contributed by atoms with Gasteiger partial charge in [0.25, 0.3) is 0 Å². The van der Waals surface area contributed by atoms with Crippen molar-refractivity contribution in [3.8, 4) is 0 Å². The molecule has 0 spiro atoms. The Bertz CT molecular complexity index is 364. The zero-order valence-corrected chi connectivity index (χ0v) is 10.5. The van der Waals surface area contributed by atoms with Gasteiger partial charge in [-0.3, -0.25) is 4.68 Å². The summed E-state index contributed by atoms with van der Waals surface area (Å²) in [6, 6.07) is 2.14. The molecule has 0 radical (unpaired) electrons. The second kappa shape index (κ2) is 4.21. The van der Waals surface area contributed by atoms with E-state index in [9.17, 15) is 5.11 Å². The summed E-state index contributed by atoms with van der Waals surface area (Å²) < 4.78 is 2.02. The van der Waals surface area contributed by atoms with Crippen LogP contribution in [0.25, 0.3) is 0 Å². The first-order valence-electron chi connectivity index (χ1n) is 6.34. The second-order valence-electron chi connectivity index (χ2n) is 5.10. The van der Waals surface area contributed by atoms with E-state index in [1.807, 2.05) is 11.6 Å². The summed E-state index contributed by atoms with van der Waals surface area (Å²) in [6.45, 7) is 7.06. The lowest BCUT2D eigenvalue weighted by Crippen LogP contribution is -2.31. The van der Waals surface area contributed by atoms with Gasteiger partial charge in [-0.05, 0) is 45.1 Å². The molecule has 1 saturated carbocycles. The van der Waals surface area contributed by atoms with Crippen LogP contribution in [0.5, 0.6) is 0 Å². The monoisotopic (exact) mass is 222 g/mol. The van der Waals surface area contributed by atoms with Crippen LogP contribution in [-0.2, 0) is 19.4 Å². The molecule has 1 unspecified atom stereocenters. The number of aromatic nitrogens is 2. The number of rotatable bonds is 5. The van der Waals surface area contributed by atoms with Gasteiger partial charge in [0.2, 0.25) is 0 Å². The Labute approximate surface area is 97.5 Å². The van der Waals surface area contributed by atoms with Gasteiger partial charge in [-0.15, -0.1) is 0 Å². The van der Waals surface area contributed by atoms with Gasteiger partial charge in [0, 0.05) is 18.7 Å². The molecule has 1 aromatic rings. The van der Waals surface area contributed by atoms with E-state index in [-0.39, 0.29) is 0 Å². The van der Waals surface area contributed by atoms with Crippen molar-refractivity contribution in [3.05, 3.63) is 17.5 Å². The summed E-state index contributed by atoms with van der Waals surface area (Å²) in [7, 11) is 0. The summed E-state index contributed by atoms with van der Waals surface area (Å²) in [6.07, 6.45) is 4.05. The van der Waals surface area contributed by atoms with Crippen molar-refractivity contribution in [1.82, 2.24) is 9.78 Å². The van der Waals surface area contributed by atoms with E-state index in [0.717, 1.165) is 25.1 Å². The first kappa shape index (κ1) is 11.6. The van der Waals surface area contributed by atoms with E-state index in [4.69, 9.17) is 0 Å². The summed E-state index contributed by atoms with van der Waals surface area (Å²) in [5.74, 6) is 0.498. The van der Waals surface area contributed by atoms with Crippen molar-refractivity contribution in [2.45, 2.75) is 58.6 Å². The molecule has 16 heavy (non-hydrogen) atoms. The second-order valence-corrected chi connectivity index (χ2v) is 5.10. The largest absolute Gasteiger partial charge is 0.389 e. The Hall–Kier alpha value is -0.830. The van der Waals surface area contributed by atoms with Crippen molar-refractivity contribution in [1.29, 1.82) is 0 Å². The van der Waals surface area contributed by atoms with Gasteiger partial charge in [-0.2, -0.15) is 5.10 Å². The normalized spacial score (nSPS) is 19.8. The number of aryl methyl sites for hydroxylation is 2. The van der Waals surface area contributed by atoms with Crippen LogP contribution in [0.4, 0.5) is 0 Å². The summed E-state index contributed by atoms with van der Waals surface area (Å²) in [4.78, 5) is 0. The van der Waals surface area contributed by atoms with Gasteiger partial charge in [-0.1, -0.05) is 6.92 Å². The third-order valence-corrected chi connectivity index (χ3v) is 3.57. The zero-order valence-electron chi connectivity index (χ0n) is 10.5. The zero-order chi connectivity index (χ0) is 11.8. The molecule has 1 N–H and O–H groups in total. The Morgan fingerprint density at radius 2 is 2.19 bits per heavy atom. The van der Waals surface area contributed by atoms with Crippen LogP contribution in [0.3, 0.4) is 0 Å². The number of aliphatic hydroxyl groups is 1. The van der Waals surface area contributed by atoms with Crippen LogP contribution in [0.2, 0.25) is 0 Å². The molecule has 1 fully saturated rings. The van der Waals surface area contributed by atoms with E-state index in [0.29, 0.717) is 5.92 Å². The van der Waals surface area contributed by atoms with Crippen LogP contribution >= 0.6 is 0 Å². The molecule has 2 rings (SSSR count). The van der Waals surface area contributed by atoms with Crippen LogP contribution in [0, 0.1) is 5.92 Å². The summed E-state index contributed by atoms with van der Waals surface area (Å²) >= 11 is 0. The van der Waals surface area contributed by atoms with Crippen LogP contribution in [0.15, 0.2) is 6.07 Å². The highest BCUT2D eigenvalue weighted by Gasteiger charge is 2.40. The molecular weight excluding hydrogens is 200 g/mol. The van der Waals surface area contributed by atoms with Crippen LogP contribution in [-0.4, -0.2) is 20.5 Å². The Morgan fingerprint density at radius 3 is 2.69 bits per heavy atom. The maximum atomic E-state index is 10.4. The Kier molecular flexibility index (Phi) is 3.06. The number of nitrogens with zero attached hydrogens (tertiary/aromatic N) is 2. The number of hydrogen-bond acceptors (Lipinski definition) is 2. The predicted molar refractivity (Wildman–Crippen MR) is 64.3 cm³/mol. The third-order valence-electron chi connectivity index (χ3n) is 3.57. The fourth-order valence-corrected chi connectivity index (χ4v) is 2.32. The molecule has 90 valence electrons. The van der Waals surface area contributed by atoms with Crippen LogP contribution in [0.1, 0.15) is 45.0 Å². The lowest BCUT2D eigenvalue weighted by molar-refractivity contribution is 0.0352. The van der Waals surface area contributed by atoms with Gasteiger partial charge >= 0.3 is 0 Å². The molecule has 1 aliphatic rings. The third kappa shape index (κ3) is 2.29. The molecular formula is C13H22N2O. The first-order chi connectivity index (χ1) is 7.56. The minimum Gasteiger partial charge on any atom is -0.389 e. The fraction of sp³-hybridized carbons (Fsp3) is 0.769. The highest BCUT2D eigenvalue weighted by atomic mass is 16.3. The molecule has 3 heteroatoms. The van der Waals surface area contributed by atoms with Crippen molar-refractivity contribution in [2.75, 3.05) is 0 Å². The van der Waals surface area contributed by atoms with E-state index in [2.05, 4.69) is 25.0 Å². The minimum atomic E-state index is -0.544. The first-order valence-corrected chi connectivity index (χ1v) is 6.34.